The Kier molecular flexibility index (Phi) is 3.37. The summed E-state index contributed by atoms with van der Waals surface area (Å²) in [6, 6.07) is 3.37. The van der Waals surface area contributed by atoms with Crippen molar-refractivity contribution in [2.45, 2.75) is 25.4 Å². The molecule has 0 spiro atoms. The summed E-state index contributed by atoms with van der Waals surface area (Å²) in [5, 5.41) is 0. The molecule has 1 aliphatic rings. The monoisotopic (exact) mass is 272 g/mol. The fraction of sp³-hybridized carbons (Fsp3) is 0.357. The molecule has 20 heavy (non-hydrogen) atoms. The van der Waals surface area contributed by atoms with Crippen LogP contribution in [-0.4, -0.2) is 37.9 Å². The van der Waals surface area contributed by atoms with Crippen molar-refractivity contribution in [3.8, 4) is 0 Å². The van der Waals surface area contributed by atoms with Crippen molar-refractivity contribution in [1.29, 1.82) is 0 Å². The highest BCUT2D eigenvalue weighted by molar-refractivity contribution is 5.94. The van der Waals surface area contributed by atoms with Gasteiger partial charge < -0.3 is 14.5 Å². The van der Waals surface area contributed by atoms with Crippen LogP contribution in [0.2, 0.25) is 0 Å². The molecule has 6 heteroatoms. The zero-order valence-electron chi connectivity index (χ0n) is 11.0. The van der Waals surface area contributed by atoms with Crippen molar-refractivity contribution in [3.05, 3.63) is 53.0 Å². The average molecular weight is 272 g/mol. The van der Waals surface area contributed by atoms with Crippen LogP contribution in [-0.2, 0) is 6.54 Å². The van der Waals surface area contributed by atoms with E-state index in [0.29, 0.717) is 6.54 Å². The molecule has 2 aromatic heterocycles. The van der Waals surface area contributed by atoms with Gasteiger partial charge in [0.15, 0.2) is 0 Å². The molecule has 1 saturated heterocycles. The summed E-state index contributed by atoms with van der Waals surface area (Å²) in [6.45, 7) is 1.42. The number of rotatable bonds is 3. The number of likely N-dealkylation sites (tertiary alicyclic amines) is 1. The Bertz CT molecular complexity index is 647. The number of nitrogens with zero attached hydrogens (tertiary/aromatic N) is 3. The fourth-order valence-corrected chi connectivity index (χ4v) is 2.68. The number of aromatic amines is 1. The van der Waals surface area contributed by atoms with Crippen LogP contribution in [0.25, 0.3) is 0 Å². The van der Waals surface area contributed by atoms with Gasteiger partial charge in [-0.15, -0.1) is 0 Å². The van der Waals surface area contributed by atoms with Gasteiger partial charge in [-0.05, 0) is 25.0 Å². The van der Waals surface area contributed by atoms with Crippen LogP contribution in [0.4, 0.5) is 0 Å². The first-order valence-electron chi connectivity index (χ1n) is 6.70. The van der Waals surface area contributed by atoms with E-state index in [0.717, 1.165) is 19.4 Å². The minimum absolute atomic E-state index is 0.122. The number of amides is 1. The third-order valence-electron chi connectivity index (χ3n) is 3.67. The van der Waals surface area contributed by atoms with E-state index < -0.39 is 0 Å². The lowest BCUT2D eigenvalue weighted by molar-refractivity contribution is 0.0722. The van der Waals surface area contributed by atoms with Gasteiger partial charge in [0.1, 0.15) is 5.56 Å². The van der Waals surface area contributed by atoms with Crippen molar-refractivity contribution < 1.29 is 4.79 Å². The highest BCUT2D eigenvalue weighted by Gasteiger charge is 2.30. The maximum atomic E-state index is 12.5. The molecule has 6 nitrogen and oxygen atoms in total. The van der Waals surface area contributed by atoms with E-state index in [9.17, 15) is 9.59 Å². The number of hydrogen-bond acceptors (Lipinski definition) is 3. The van der Waals surface area contributed by atoms with Gasteiger partial charge in [-0.2, -0.15) is 0 Å². The highest BCUT2D eigenvalue weighted by Crippen LogP contribution is 2.20. The smallest absolute Gasteiger partial charge is 0.260 e. The van der Waals surface area contributed by atoms with Crippen molar-refractivity contribution in [2.75, 3.05) is 6.54 Å². The molecule has 0 unspecified atom stereocenters. The molecule has 0 bridgehead atoms. The van der Waals surface area contributed by atoms with Gasteiger partial charge >= 0.3 is 0 Å². The second kappa shape index (κ2) is 5.32. The highest BCUT2D eigenvalue weighted by atomic mass is 16.2. The molecule has 3 rings (SSSR count). The van der Waals surface area contributed by atoms with Gasteiger partial charge in [0.05, 0.1) is 12.4 Å². The van der Waals surface area contributed by atoms with Gasteiger partial charge in [-0.25, -0.2) is 4.98 Å². The summed E-state index contributed by atoms with van der Waals surface area (Å²) < 4.78 is 1.96. The quantitative estimate of drug-likeness (QED) is 0.901. The standard InChI is InChI=1S/C14H16N4O2/c19-13-12(4-1-5-16-13)14(20)18-7-2-3-11(18)9-17-8-6-15-10-17/h1,4-6,8,10-11H,2-3,7,9H2,(H,16,19)/t11-/m1/s1. The molecular weight excluding hydrogens is 256 g/mol. The average Bonchev–Trinajstić information content (AvgIpc) is 3.11. The topological polar surface area (TPSA) is 71.0 Å². The lowest BCUT2D eigenvalue weighted by Gasteiger charge is -2.24. The Morgan fingerprint density at radius 3 is 3.15 bits per heavy atom. The number of nitrogens with one attached hydrogen (secondary N) is 1. The van der Waals surface area contributed by atoms with Crippen molar-refractivity contribution in [3.63, 3.8) is 0 Å². The number of carbonyl (C=O) groups is 1. The molecule has 1 aliphatic heterocycles. The molecule has 0 aromatic carbocycles. The van der Waals surface area contributed by atoms with E-state index in [1.54, 1.807) is 29.6 Å². The molecule has 0 radical (unpaired) electrons. The van der Waals surface area contributed by atoms with Crippen LogP contribution in [0.1, 0.15) is 23.2 Å². The minimum atomic E-state index is -0.328. The second-order valence-electron chi connectivity index (χ2n) is 4.97. The molecule has 0 saturated carbocycles. The third-order valence-corrected chi connectivity index (χ3v) is 3.67. The van der Waals surface area contributed by atoms with Crippen molar-refractivity contribution in [2.24, 2.45) is 0 Å². The summed E-state index contributed by atoms with van der Waals surface area (Å²) >= 11 is 0. The summed E-state index contributed by atoms with van der Waals surface area (Å²) in [5.74, 6) is -0.186. The normalized spacial score (nSPS) is 18.4. The summed E-state index contributed by atoms with van der Waals surface area (Å²) in [6.07, 6.45) is 8.81. The number of aromatic nitrogens is 3. The number of pyridine rings is 1. The minimum Gasteiger partial charge on any atom is -0.335 e. The third kappa shape index (κ3) is 2.36. The predicted octanol–water partition coefficient (Wildman–Crippen LogP) is 0.876. The molecule has 1 atom stereocenters. The molecule has 3 heterocycles. The summed E-state index contributed by atoms with van der Waals surface area (Å²) in [4.78, 5) is 32.6. The first-order valence-corrected chi connectivity index (χ1v) is 6.70. The second-order valence-corrected chi connectivity index (χ2v) is 4.97. The summed E-state index contributed by atoms with van der Waals surface area (Å²) in [5.41, 5.74) is -0.115. The maximum Gasteiger partial charge on any atom is 0.260 e. The van der Waals surface area contributed by atoms with Crippen LogP contribution < -0.4 is 5.56 Å². The largest absolute Gasteiger partial charge is 0.335 e. The maximum absolute atomic E-state index is 12.5. The van der Waals surface area contributed by atoms with Gasteiger partial charge in [0.2, 0.25) is 0 Å². The number of carbonyl (C=O) groups excluding carboxylic acids is 1. The van der Waals surface area contributed by atoms with Crippen LogP contribution >= 0.6 is 0 Å². The lowest BCUT2D eigenvalue weighted by Crippen LogP contribution is -2.40. The Balaban J connectivity index is 1.80. The fourth-order valence-electron chi connectivity index (χ4n) is 2.68. The van der Waals surface area contributed by atoms with Gasteiger partial charge in [0, 0.05) is 31.7 Å². The number of imidazole rings is 1. The molecular formula is C14H16N4O2. The van der Waals surface area contributed by atoms with Crippen molar-refractivity contribution >= 4 is 5.91 Å². The van der Waals surface area contributed by atoms with E-state index in [1.807, 2.05) is 10.8 Å². The Labute approximate surface area is 116 Å². The van der Waals surface area contributed by atoms with Crippen LogP contribution in [0.3, 0.4) is 0 Å². The number of hydrogen-bond donors (Lipinski definition) is 1. The molecule has 104 valence electrons. The van der Waals surface area contributed by atoms with Gasteiger partial charge in [0.25, 0.3) is 11.5 Å². The summed E-state index contributed by atoms with van der Waals surface area (Å²) in [7, 11) is 0. The van der Waals surface area contributed by atoms with Gasteiger partial charge in [-0.3, -0.25) is 9.59 Å². The van der Waals surface area contributed by atoms with Gasteiger partial charge in [-0.1, -0.05) is 0 Å². The Morgan fingerprint density at radius 1 is 1.50 bits per heavy atom. The van der Waals surface area contributed by atoms with Crippen LogP contribution in [0.5, 0.6) is 0 Å². The van der Waals surface area contributed by atoms with E-state index in [1.165, 1.54) is 6.20 Å². The SMILES string of the molecule is O=C(c1ccc[nH]c1=O)N1CCC[C@@H]1Cn1ccnc1. The lowest BCUT2D eigenvalue weighted by atomic mass is 10.2. The first kappa shape index (κ1) is 12.7. The van der Waals surface area contributed by atoms with E-state index in [4.69, 9.17) is 0 Å². The molecule has 1 N–H and O–H groups in total. The van der Waals surface area contributed by atoms with E-state index in [-0.39, 0.29) is 23.1 Å². The van der Waals surface area contributed by atoms with E-state index >= 15 is 0 Å². The van der Waals surface area contributed by atoms with Crippen molar-refractivity contribution in [1.82, 2.24) is 19.4 Å². The zero-order chi connectivity index (χ0) is 13.9. The molecule has 0 aliphatic carbocycles. The number of H-pyrrole nitrogens is 1. The zero-order valence-corrected chi connectivity index (χ0v) is 11.0. The Hall–Kier alpha value is -2.37. The molecule has 1 fully saturated rings. The first-order chi connectivity index (χ1) is 9.75. The van der Waals surface area contributed by atoms with Crippen LogP contribution in [0, 0.1) is 0 Å². The molecule has 2 aromatic rings. The predicted molar refractivity (Wildman–Crippen MR) is 73.3 cm³/mol. The van der Waals surface area contributed by atoms with E-state index in [2.05, 4.69) is 9.97 Å². The Morgan fingerprint density at radius 2 is 2.40 bits per heavy atom. The van der Waals surface area contributed by atoms with Crippen LogP contribution in [0.15, 0.2) is 41.8 Å². The molecule has 1 amide bonds.